The van der Waals surface area contributed by atoms with Crippen LogP contribution in [0.15, 0.2) is 30.5 Å². The second-order valence-electron chi connectivity index (χ2n) is 4.22. The van der Waals surface area contributed by atoms with Crippen molar-refractivity contribution >= 4 is 23.1 Å². The minimum absolute atomic E-state index is 0.144. The van der Waals surface area contributed by atoms with Crippen molar-refractivity contribution in [2.75, 3.05) is 30.8 Å². The second-order valence-corrected chi connectivity index (χ2v) is 4.22. The van der Waals surface area contributed by atoms with Crippen molar-refractivity contribution < 1.29 is 9.66 Å². The molecule has 0 fully saturated rings. The highest BCUT2D eigenvalue weighted by Crippen LogP contribution is 2.23. The van der Waals surface area contributed by atoms with Crippen molar-refractivity contribution in [2.45, 2.75) is 0 Å². The highest BCUT2D eigenvalue weighted by Gasteiger charge is 2.15. The lowest BCUT2D eigenvalue weighted by atomic mass is 10.3. The molecule has 0 amide bonds. The minimum atomic E-state index is -0.542. The van der Waals surface area contributed by atoms with Crippen molar-refractivity contribution in [3.63, 3.8) is 0 Å². The van der Waals surface area contributed by atoms with Gasteiger partial charge >= 0.3 is 5.69 Å². The minimum Gasteiger partial charge on any atom is -0.492 e. The zero-order valence-electron chi connectivity index (χ0n) is 11.9. The quantitative estimate of drug-likeness (QED) is 0.518. The molecule has 2 rings (SSSR count). The maximum absolute atomic E-state index is 10.8. The lowest BCUT2D eigenvalue weighted by molar-refractivity contribution is -0.384. The van der Waals surface area contributed by atoms with Crippen LogP contribution < -0.4 is 21.1 Å². The molecule has 0 radical (unpaired) electrons. The normalized spacial score (nSPS) is 10.1. The van der Waals surface area contributed by atoms with E-state index >= 15 is 0 Å². The fraction of sp³-hybridized carbons (Fsp3) is 0.231. The predicted octanol–water partition coefficient (Wildman–Crippen LogP) is 1.51. The smallest absolute Gasteiger partial charge is 0.329 e. The summed E-state index contributed by atoms with van der Waals surface area (Å²) >= 11 is 0. The summed E-state index contributed by atoms with van der Waals surface area (Å²) in [7, 11) is 1.56. The molecule has 0 aliphatic carbocycles. The molecule has 1 aromatic heterocycles. The first kappa shape index (κ1) is 15.4. The van der Waals surface area contributed by atoms with Crippen LogP contribution in [0, 0.1) is 10.1 Å². The third-order valence-corrected chi connectivity index (χ3v) is 2.70. The number of nitrogens with two attached hydrogens (primary N) is 1. The van der Waals surface area contributed by atoms with Crippen molar-refractivity contribution in [1.82, 2.24) is 9.97 Å². The summed E-state index contributed by atoms with van der Waals surface area (Å²) in [5.41, 5.74) is 5.91. The molecule has 2 aromatic rings. The number of nitrogens with zero attached hydrogens (tertiary/aromatic N) is 3. The average molecular weight is 304 g/mol. The largest absolute Gasteiger partial charge is 0.492 e. The lowest BCUT2D eigenvalue weighted by Gasteiger charge is -2.08. The third kappa shape index (κ3) is 3.79. The van der Waals surface area contributed by atoms with E-state index in [0.29, 0.717) is 18.9 Å². The molecular formula is C13H16N6O3. The first-order chi connectivity index (χ1) is 10.6. The van der Waals surface area contributed by atoms with Gasteiger partial charge in [-0.2, -0.15) is 4.98 Å². The Hall–Kier alpha value is -2.94. The van der Waals surface area contributed by atoms with E-state index in [1.165, 1.54) is 0 Å². The van der Waals surface area contributed by atoms with Crippen LogP contribution >= 0.6 is 0 Å². The number of hydrogen-bond acceptors (Lipinski definition) is 8. The van der Waals surface area contributed by atoms with Crippen LogP contribution in [0.1, 0.15) is 0 Å². The molecule has 0 saturated carbocycles. The van der Waals surface area contributed by atoms with E-state index in [1.54, 1.807) is 31.3 Å². The number of aromatic nitrogens is 2. The first-order valence-electron chi connectivity index (χ1n) is 6.53. The van der Waals surface area contributed by atoms with Gasteiger partial charge in [0.2, 0.25) is 11.8 Å². The van der Waals surface area contributed by atoms with Gasteiger partial charge in [-0.15, -0.1) is 0 Å². The number of anilines is 3. The van der Waals surface area contributed by atoms with Gasteiger partial charge < -0.3 is 21.1 Å². The van der Waals surface area contributed by atoms with Crippen LogP contribution in [-0.2, 0) is 0 Å². The predicted molar refractivity (Wildman–Crippen MR) is 82.5 cm³/mol. The van der Waals surface area contributed by atoms with Crippen LogP contribution in [-0.4, -0.2) is 35.1 Å². The van der Waals surface area contributed by atoms with Gasteiger partial charge in [-0.1, -0.05) is 0 Å². The van der Waals surface area contributed by atoms with Gasteiger partial charge in [0.25, 0.3) is 0 Å². The summed E-state index contributed by atoms with van der Waals surface area (Å²) in [6.45, 7) is 0.896. The Labute approximate surface area is 126 Å². The van der Waals surface area contributed by atoms with Gasteiger partial charge in [0.05, 0.1) is 4.92 Å². The molecule has 9 heteroatoms. The second kappa shape index (κ2) is 7.18. The number of benzene rings is 1. The number of ether oxygens (including phenoxy) is 1. The summed E-state index contributed by atoms with van der Waals surface area (Å²) in [6.07, 6.45) is 1.15. The van der Waals surface area contributed by atoms with Crippen LogP contribution in [0.2, 0.25) is 0 Å². The van der Waals surface area contributed by atoms with E-state index in [9.17, 15) is 10.1 Å². The highest BCUT2D eigenvalue weighted by molar-refractivity contribution is 5.60. The van der Waals surface area contributed by atoms with E-state index in [2.05, 4.69) is 20.6 Å². The molecule has 0 saturated heterocycles. The molecule has 4 N–H and O–H groups in total. The zero-order chi connectivity index (χ0) is 15.9. The Morgan fingerprint density at radius 1 is 1.36 bits per heavy atom. The molecule has 0 spiro atoms. The van der Waals surface area contributed by atoms with Crippen molar-refractivity contribution in [1.29, 1.82) is 0 Å². The van der Waals surface area contributed by atoms with Crippen LogP contribution in [0.25, 0.3) is 0 Å². The highest BCUT2D eigenvalue weighted by atomic mass is 16.6. The Morgan fingerprint density at radius 3 is 2.68 bits per heavy atom. The first-order valence-corrected chi connectivity index (χ1v) is 6.53. The number of hydrogen-bond donors (Lipinski definition) is 3. The average Bonchev–Trinajstić information content (AvgIpc) is 2.54. The maximum Gasteiger partial charge on any atom is 0.329 e. The van der Waals surface area contributed by atoms with E-state index in [-0.39, 0.29) is 17.5 Å². The van der Waals surface area contributed by atoms with Gasteiger partial charge in [-0.05, 0) is 24.3 Å². The SMILES string of the molecule is CNc1nc(Nc2ccc(OCCN)cc2)ncc1[N+](=O)[O-]. The van der Waals surface area contributed by atoms with Crippen molar-refractivity contribution in [3.05, 3.63) is 40.6 Å². The molecule has 9 nitrogen and oxygen atoms in total. The van der Waals surface area contributed by atoms with Crippen LogP contribution in [0.4, 0.5) is 23.1 Å². The van der Waals surface area contributed by atoms with Crippen molar-refractivity contribution in [2.24, 2.45) is 5.73 Å². The summed E-state index contributed by atoms with van der Waals surface area (Å²) in [5, 5.41) is 16.5. The van der Waals surface area contributed by atoms with Gasteiger partial charge in [0.1, 0.15) is 18.6 Å². The van der Waals surface area contributed by atoms with Gasteiger partial charge in [-0.3, -0.25) is 10.1 Å². The van der Waals surface area contributed by atoms with E-state index in [1.807, 2.05) is 0 Å². The molecule has 0 aliphatic heterocycles. The van der Waals surface area contributed by atoms with Gasteiger partial charge in [-0.25, -0.2) is 4.98 Å². The molecule has 22 heavy (non-hydrogen) atoms. The summed E-state index contributed by atoms with van der Waals surface area (Å²) in [4.78, 5) is 18.3. The van der Waals surface area contributed by atoms with Gasteiger partial charge in [0.15, 0.2) is 0 Å². The third-order valence-electron chi connectivity index (χ3n) is 2.70. The Kier molecular flexibility index (Phi) is 5.04. The van der Waals surface area contributed by atoms with Crippen LogP contribution in [0.5, 0.6) is 5.75 Å². The summed E-state index contributed by atoms with van der Waals surface area (Å²) < 4.78 is 5.37. The molecule has 1 aromatic carbocycles. The molecule has 0 unspecified atom stereocenters. The number of rotatable bonds is 7. The molecule has 0 aliphatic rings. The van der Waals surface area contributed by atoms with Crippen molar-refractivity contribution in [3.8, 4) is 5.75 Å². The number of nitrogens with one attached hydrogen (secondary N) is 2. The molecule has 0 bridgehead atoms. The number of nitro groups is 1. The van der Waals surface area contributed by atoms with E-state index < -0.39 is 4.92 Å². The maximum atomic E-state index is 10.8. The standard InChI is InChI=1S/C13H16N6O3/c1-15-12-11(19(20)21)8-16-13(18-12)17-9-2-4-10(5-3-9)22-7-6-14/h2-5,8H,6-7,14H2,1H3,(H2,15,16,17,18). The molecule has 116 valence electrons. The summed E-state index contributed by atoms with van der Waals surface area (Å²) in [5.74, 6) is 1.10. The monoisotopic (exact) mass is 304 g/mol. The lowest BCUT2D eigenvalue weighted by Crippen LogP contribution is -2.10. The fourth-order valence-electron chi connectivity index (χ4n) is 1.69. The Morgan fingerprint density at radius 2 is 2.09 bits per heavy atom. The molecular weight excluding hydrogens is 288 g/mol. The van der Waals surface area contributed by atoms with Gasteiger partial charge in [0, 0.05) is 19.3 Å². The Bertz CT molecular complexity index is 647. The summed E-state index contributed by atoms with van der Waals surface area (Å²) in [6, 6.07) is 7.13. The van der Waals surface area contributed by atoms with E-state index in [4.69, 9.17) is 10.5 Å². The fourth-order valence-corrected chi connectivity index (χ4v) is 1.69. The molecule has 0 atom stereocenters. The van der Waals surface area contributed by atoms with E-state index in [0.717, 1.165) is 11.9 Å². The molecule has 1 heterocycles. The van der Waals surface area contributed by atoms with Crippen LogP contribution in [0.3, 0.4) is 0 Å². The Balaban J connectivity index is 2.11. The zero-order valence-corrected chi connectivity index (χ0v) is 11.9. The topological polar surface area (TPSA) is 128 Å².